The highest BCUT2D eigenvalue weighted by Gasteiger charge is 2.15. The van der Waals surface area contributed by atoms with Crippen LogP contribution in [0, 0.1) is 13.8 Å². The van der Waals surface area contributed by atoms with Gasteiger partial charge in [0.25, 0.3) is 0 Å². The average molecular weight is 410 g/mol. The first-order chi connectivity index (χ1) is 14.0. The number of carbonyl (C=O) groups excluding carboxylic acids is 1. The number of halogens is 1. The Hall–Kier alpha value is -3.66. The van der Waals surface area contributed by atoms with Gasteiger partial charge < -0.3 is 5.32 Å². The lowest BCUT2D eigenvalue weighted by Gasteiger charge is -2.07. The van der Waals surface area contributed by atoms with Gasteiger partial charge in [-0.2, -0.15) is 9.48 Å². The number of hydrogen-bond acceptors (Lipinski definition) is 7. The number of aryl methyl sites for hydroxylation is 2. The Morgan fingerprint density at radius 3 is 2.62 bits per heavy atom. The number of tetrazole rings is 2. The fourth-order valence-electron chi connectivity index (χ4n) is 2.95. The normalized spacial score (nSPS) is 10.9. The van der Waals surface area contributed by atoms with Crippen LogP contribution in [0.1, 0.15) is 11.1 Å². The first-order valence-electron chi connectivity index (χ1n) is 8.67. The molecule has 0 aliphatic heterocycles. The summed E-state index contributed by atoms with van der Waals surface area (Å²) in [5.74, 6) is 0.0714. The third-order valence-corrected chi connectivity index (χ3v) is 4.27. The molecule has 11 heteroatoms. The molecule has 0 bridgehead atoms. The quantitative estimate of drug-likeness (QED) is 0.537. The Balaban J connectivity index is 1.54. The van der Waals surface area contributed by atoms with Crippen LogP contribution in [0.3, 0.4) is 0 Å². The number of carbonyl (C=O) groups is 1. The topological polar surface area (TPSA) is 116 Å². The molecule has 0 radical (unpaired) electrons. The Morgan fingerprint density at radius 2 is 1.90 bits per heavy atom. The Kier molecular flexibility index (Phi) is 5.00. The molecular weight excluding hydrogens is 394 g/mol. The number of nitrogens with one attached hydrogen (secondary N) is 1. The van der Waals surface area contributed by atoms with Crippen LogP contribution in [-0.4, -0.2) is 46.3 Å². The van der Waals surface area contributed by atoms with Crippen LogP contribution >= 0.6 is 11.6 Å². The second kappa shape index (κ2) is 7.76. The van der Waals surface area contributed by atoms with Crippen molar-refractivity contribution >= 4 is 23.2 Å². The zero-order chi connectivity index (χ0) is 20.4. The van der Waals surface area contributed by atoms with E-state index in [0.717, 1.165) is 16.8 Å². The minimum atomic E-state index is -0.254. The number of nitrogens with zero attached hydrogens (tertiary/aromatic N) is 8. The summed E-state index contributed by atoms with van der Waals surface area (Å²) in [6.45, 7) is 3.87. The molecule has 2 heterocycles. The molecule has 0 spiro atoms. The van der Waals surface area contributed by atoms with Gasteiger partial charge >= 0.3 is 0 Å². The molecule has 2 aromatic heterocycles. The standard InChI is InChI=1S/C18H16ClN9O/c1-11-5-12(2)7-14(6-11)21-17(29)9-28-23-18(22-25-28)15-4-3-13(19)8-16(15)27-10-20-24-26-27/h3-8,10H,9H2,1-2H3,(H,21,29). The van der Waals surface area contributed by atoms with Gasteiger partial charge in [-0.1, -0.05) is 17.7 Å². The Bertz CT molecular complexity index is 1150. The van der Waals surface area contributed by atoms with Gasteiger partial charge in [-0.3, -0.25) is 4.79 Å². The lowest BCUT2D eigenvalue weighted by Crippen LogP contribution is -2.20. The number of benzene rings is 2. The zero-order valence-electron chi connectivity index (χ0n) is 15.6. The Morgan fingerprint density at radius 1 is 1.10 bits per heavy atom. The zero-order valence-corrected chi connectivity index (χ0v) is 16.4. The van der Waals surface area contributed by atoms with Crippen LogP contribution in [0.15, 0.2) is 42.7 Å². The number of rotatable bonds is 5. The molecule has 1 N–H and O–H groups in total. The minimum Gasteiger partial charge on any atom is -0.324 e. The Labute approximate surface area is 170 Å². The first kappa shape index (κ1) is 18.7. The van der Waals surface area contributed by atoms with Crippen molar-refractivity contribution in [2.24, 2.45) is 0 Å². The molecule has 29 heavy (non-hydrogen) atoms. The van der Waals surface area contributed by atoms with Crippen molar-refractivity contribution in [1.82, 2.24) is 40.4 Å². The van der Waals surface area contributed by atoms with E-state index in [9.17, 15) is 4.79 Å². The van der Waals surface area contributed by atoms with Crippen LogP contribution in [0.5, 0.6) is 0 Å². The van der Waals surface area contributed by atoms with Crippen LogP contribution < -0.4 is 5.32 Å². The fourth-order valence-corrected chi connectivity index (χ4v) is 3.12. The summed E-state index contributed by atoms with van der Waals surface area (Å²) in [6, 6.07) is 11.0. The van der Waals surface area contributed by atoms with E-state index in [-0.39, 0.29) is 12.5 Å². The maximum Gasteiger partial charge on any atom is 0.248 e. The van der Waals surface area contributed by atoms with E-state index in [1.54, 1.807) is 18.2 Å². The van der Waals surface area contributed by atoms with Crippen molar-refractivity contribution in [2.45, 2.75) is 20.4 Å². The van der Waals surface area contributed by atoms with Gasteiger partial charge in [0.15, 0.2) is 0 Å². The summed E-state index contributed by atoms with van der Waals surface area (Å²) < 4.78 is 1.45. The molecule has 0 saturated carbocycles. The summed E-state index contributed by atoms with van der Waals surface area (Å²) in [7, 11) is 0. The summed E-state index contributed by atoms with van der Waals surface area (Å²) >= 11 is 6.10. The van der Waals surface area contributed by atoms with E-state index in [1.165, 1.54) is 15.8 Å². The van der Waals surface area contributed by atoms with E-state index < -0.39 is 0 Å². The fraction of sp³-hybridized carbons (Fsp3) is 0.167. The highest BCUT2D eigenvalue weighted by atomic mass is 35.5. The summed E-state index contributed by atoms with van der Waals surface area (Å²) in [4.78, 5) is 13.6. The molecule has 2 aromatic carbocycles. The van der Waals surface area contributed by atoms with Crippen molar-refractivity contribution in [2.75, 3.05) is 5.32 Å². The predicted molar refractivity (Wildman–Crippen MR) is 106 cm³/mol. The molecule has 0 saturated heterocycles. The van der Waals surface area contributed by atoms with Crippen molar-refractivity contribution in [3.05, 3.63) is 58.9 Å². The minimum absolute atomic E-state index is 0.0756. The van der Waals surface area contributed by atoms with Crippen molar-refractivity contribution in [3.63, 3.8) is 0 Å². The molecular formula is C18H16ClN9O. The third-order valence-electron chi connectivity index (χ3n) is 4.04. The number of anilines is 1. The smallest absolute Gasteiger partial charge is 0.248 e. The van der Waals surface area contributed by atoms with E-state index >= 15 is 0 Å². The lowest BCUT2D eigenvalue weighted by molar-refractivity contribution is -0.117. The maximum atomic E-state index is 12.4. The average Bonchev–Trinajstić information content (AvgIpc) is 3.32. The molecule has 4 rings (SSSR count). The number of aromatic nitrogens is 8. The van der Waals surface area contributed by atoms with E-state index in [2.05, 4.69) is 36.3 Å². The molecule has 0 aliphatic carbocycles. The SMILES string of the molecule is Cc1cc(C)cc(NC(=O)Cn2nnc(-c3ccc(Cl)cc3-n3cnnn3)n2)c1. The molecule has 0 aliphatic rings. The highest BCUT2D eigenvalue weighted by Crippen LogP contribution is 2.26. The molecule has 4 aromatic rings. The molecule has 0 fully saturated rings. The highest BCUT2D eigenvalue weighted by molar-refractivity contribution is 6.30. The first-order valence-corrected chi connectivity index (χ1v) is 9.05. The van der Waals surface area contributed by atoms with E-state index in [0.29, 0.717) is 22.1 Å². The second-order valence-corrected chi connectivity index (χ2v) is 6.92. The van der Waals surface area contributed by atoms with Crippen molar-refractivity contribution < 1.29 is 4.79 Å². The summed E-state index contributed by atoms with van der Waals surface area (Å²) in [6.07, 6.45) is 1.44. The van der Waals surface area contributed by atoms with Gasteiger partial charge in [-0.05, 0) is 70.9 Å². The van der Waals surface area contributed by atoms with Crippen LogP contribution in [0.4, 0.5) is 5.69 Å². The van der Waals surface area contributed by atoms with Crippen molar-refractivity contribution in [3.8, 4) is 17.1 Å². The van der Waals surface area contributed by atoms with Crippen LogP contribution in [-0.2, 0) is 11.3 Å². The monoisotopic (exact) mass is 409 g/mol. The maximum absolute atomic E-state index is 12.4. The predicted octanol–water partition coefficient (Wildman–Crippen LogP) is 2.22. The van der Waals surface area contributed by atoms with Gasteiger partial charge in [-0.15, -0.1) is 15.3 Å². The lowest BCUT2D eigenvalue weighted by atomic mass is 10.1. The second-order valence-electron chi connectivity index (χ2n) is 6.48. The van der Waals surface area contributed by atoms with Crippen molar-refractivity contribution in [1.29, 1.82) is 0 Å². The summed E-state index contributed by atoms with van der Waals surface area (Å²) in [5, 5.41) is 26.8. The molecule has 1 amide bonds. The van der Waals surface area contributed by atoms with Gasteiger partial charge in [0.1, 0.15) is 12.9 Å². The van der Waals surface area contributed by atoms with Gasteiger partial charge in [0, 0.05) is 16.3 Å². The third kappa shape index (κ3) is 4.27. The largest absolute Gasteiger partial charge is 0.324 e. The van der Waals surface area contributed by atoms with Crippen LogP contribution in [0.25, 0.3) is 17.1 Å². The van der Waals surface area contributed by atoms with Gasteiger partial charge in [-0.25, -0.2) is 0 Å². The number of hydrogen-bond donors (Lipinski definition) is 1. The van der Waals surface area contributed by atoms with E-state index in [4.69, 9.17) is 11.6 Å². The van der Waals surface area contributed by atoms with Gasteiger partial charge in [0.05, 0.1) is 5.69 Å². The molecule has 10 nitrogen and oxygen atoms in total. The van der Waals surface area contributed by atoms with E-state index in [1.807, 2.05) is 32.0 Å². The van der Waals surface area contributed by atoms with Gasteiger partial charge in [0.2, 0.25) is 11.7 Å². The number of amides is 1. The molecule has 0 unspecified atom stereocenters. The molecule has 146 valence electrons. The van der Waals surface area contributed by atoms with Crippen LogP contribution in [0.2, 0.25) is 5.02 Å². The summed E-state index contributed by atoms with van der Waals surface area (Å²) in [5.41, 5.74) is 4.09. The molecule has 0 atom stereocenters.